The van der Waals surface area contributed by atoms with Gasteiger partial charge in [-0.2, -0.15) is 0 Å². The molecular weight excluding hydrogens is 240 g/mol. The van der Waals surface area contributed by atoms with Gasteiger partial charge in [0.05, 0.1) is 11.1 Å². The Morgan fingerprint density at radius 1 is 1.50 bits per heavy atom. The number of hydrogen-bond acceptors (Lipinski definition) is 5. The van der Waals surface area contributed by atoms with E-state index in [1.807, 2.05) is 0 Å². The molecule has 0 saturated heterocycles. The SMILES string of the molecule is Cc1cccc([N+](=O)[O-])c1-n1cc(C(=O)O)nn1. The summed E-state index contributed by atoms with van der Waals surface area (Å²) < 4.78 is 1.09. The van der Waals surface area contributed by atoms with Crippen molar-refractivity contribution >= 4 is 11.7 Å². The highest BCUT2D eigenvalue weighted by atomic mass is 16.6. The first kappa shape index (κ1) is 11.7. The smallest absolute Gasteiger partial charge is 0.358 e. The second-order valence-electron chi connectivity index (χ2n) is 3.55. The molecule has 0 atom stereocenters. The van der Waals surface area contributed by atoms with Gasteiger partial charge in [0.25, 0.3) is 5.69 Å². The number of hydrogen-bond donors (Lipinski definition) is 1. The summed E-state index contributed by atoms with van der Waals surface area (Å²) >= 11 is 0. The van der Waals surface area contributed by atoms with E-state index in [2.05, 4.69) is 10.3 Å². The van der Waals surface area contributed by atoms with Gasteiger partial charge in [0.2, 0.25) is 0 Å². The molecule has 8 nitrogen and oxygen atoms in total. The van der Waals surface area contributed by atoms with Crippen molar-refractivity contribution in [3.05, 3.63) is 45.8 Å². The minimum Gasteiger partial charge on any atom is -0.476 e. The highest BCUT2D eigenvalue weighted by Gasteiger charge is 2.19. The first-order valence-electron chi connectivity index (χ1n) is 4.90. The van der Waals surface area contributed by atoms with E-state index in [4.69, 9.17) is 5.11 Å². The Morgan fingerprint density at radius 3 is 2.78 bits per heavy atom. The topological polar surface area (TPSA) is 111 Å². The number of aromatic nitrogens is 3. The molecule has 1 aromatic heterocycles. The molecule has 8 heteroatoms. The Labute approximate surface area is 101 Å². The van der Waals surface area contributed by atoms with Crippen molar-refractivity contribution in [2.24, 2.45) is 0 Å². The first-order valence-corrected chi connectivity index (χ1v) is 4.90. The van der Waals surface area contributed by atoms with E-state index in [1.54, 1.807) is 19.1 Å². The molecule has 0 saturated carbocycles. The van der Waals surface area contributed by atoms with Crippen molar-refractivity contribution in [1.29, 1.82) is 0 Å². The normalized spacial score (nSPS) is 10.3. The number of benzene rings is 1. The number of nitrogens with zero attached hydrogens (tertiary/aromatic N) is 4. The number of carboxylic acids is 1. The van der Waals surface area contributed by atoms with E-state index >= 15 is 0 Å². The number of para-hydroxylation sites is 1. The molecule has 0 bridgehead atoms. The van der Waals surface area contributed by atoms with Gasteiger partial charge in [-0.25, -0.2) is 9.48 Å². The van der Waals surface area contributed by atoms with Gasteiger partial charge in [0.1, 0.15) is 5.69 Å². The van der Waals surface area contributed by atoms with Crippen LogP contribution < -0.4 is 0 Å². The molecular formula is C10H8N4O4. The molecule has 1 N–H and O–H groups in total. The average Bonchev–Trinajstić information content (AvgIpc) is 2.77. The molecule has 0 radical (unpaired) electrons. The first-order chi connectivity index (χ1) is 8.50. The molecule has 0 aliphatic carbocycles. The van der Waals surface area contributed by atoms with Gasteiger partial charge in [0.15, 0.2) is 5.69 Å². The van der Waals surface area contributed by atoms with Gasteiger partial charge in [-0.3, -0.25) is 10.1 Å². The Balaban J connectivity index is 2.62. The van der Waals surface area contributed by atoms with Crippen LogP contribution >= 0.6 is 0 Å². The third-order valence-electron chi connectivity index (χ3n) is 2.35. The summed E-state index contributed by atoms with van der Waals surface area (Å²) in [6.07, 6.45) is 1.14. The van der Waals surface area contributed by atoms with Crippen LogP contribution in [0.3, 0.4) is 0 Å². The highest BCUT2D eigenvalue weighted by Crippen LogP contribution is 2.25. The van der Waals surface area contributed by atoms with E-state index in [0.29, 0.717) is 5.56 Å². The molecule has 1 heterocycles. The number of aryl methyl sites for hydroxylation is 1. The third kappa shape index (κ3) is 1.90. The minimum absolute atomic E-state index is 0.156. The van der Waals surface area contributed by atoms with Gasteiger partial charge in [-0.05, 0) is 12.5 Å². The molecule has 0 spiro atoms. The van der Waals surface area contributed by atoms with Crippen LogP contribution in [0, 0.1) is 17.0 Å². The van der Waals surface area contributed by atoms with Crippen molar-refractivity contribution < 1.29 is 14.8 Å². The summed E-state index contributed by atoms with van der Waals surface area (Å²) in [5.41, 5.74) is 0.387. The van der Waals surface area contributed by atoms with Crippen molar-refractivity contribution in [2.75, 3.05) is 0 Å². The monoisotopic (exact) mass is 248 g/mol. The van der Waals surface area contributed by atoms with Crippen LogP contribution in [0.2, 0.25) is 0 Å². The maximum Gasteiger partial charge on any atom is 0.358 e. The maximum absolute atomic E-state index is 10.9. The fraction of sp³-hybridized carbons (Fsp3) is 0.100. The van der Waals surface area contributed by atoms with E-state index in [1.165, 1.54) is 6.07 Å². The molecule has 0 aliphatic rings. The third-order valence-corrected chi connectivity index (χ3v) is 2.35. The zero-order valence-electron chi connectivity index (χ0n) is 9.27. The van der Waals surface area contributed by atoms with Crippen LogP contribution in [0.5, 0.6) is 0 Å². The van der Waals surface area contributed by atoms with Crippen molar-refractivity contribution in [3.63, 3.8) is 0 Å². The summed E-state index contributed by atoms with van der Waals surface area (Å²) in [6, 6.07) is 4.54. The molecule has 2 rings (SSSR count). The maximum atomic E-state index is 10.9. The lowest BCUT2D eigenvalue weighted by atomic mass is 10.1. The number of aromatic carboxylic acids is 1. The van der Waals surface area contributed by atoms with Crippen LogP contribution in [0.25, 0.3) is 5.69 Å². The van der Waals surface area contributed by atoms with Gasteiger partial charge >= 0.3 is 5.97 Å². The summed E-state index contributed by atoms with van der Waals surface area (Å²) in [7, 11) is 0. The molecule has 0 amide bonds. The van der Waals surface area contributed by atoms with Gasteiger partial charge in [0, 0.05) is 6.07 Å². The second-order valence-corrected chi connectivity index (χ2v) is 3.55. The molecule has 0 unspecified atom stereocenters. The predicted molar refractivity (Wildman–Crippen MR) is 59.7 cm³/mol. The molecule has 0 fully saturated rings. The number of nitro groups is 1. The zero-order chi connectivity index (χ0) is 13.3. The lowest BCUT2D eigenvalue weighted by Gasteiger charge is -2.04. The Kier molecular flexibility index (Phi) is 2.76. The second kappa shape index (κ2) is 4.24. The molecule has 1 aromatic carbocycles. The largest absolute Gasteiger partial charge is 0.476 e. The number of rotatable bonds is 3. The minimum atomic E-state index is -1.24. The Bertz CT molecular complexity index is 635. The molecule has 0 aliphatic heterocycles. The highest BCUT2D eigenvalue weighted by molar-refractivity contribution is 5.84. The van der Waals surface area contributed by atoms with E-state index in [9.17, 15) is 14.9 Å². The number of carbonyl (C=O) groups is 1. The number of nitro benzene ring substituents is 1. The molecule has 18 heavy (non-hydrogen) atoms. The lowest BCUT2D eigenvalue weighted by molar-refractivity contribution is -0.384. The summed E-state index contributed by atoms with van der Waals surface area (Å²) in [5, 5.41) is 26.7. The standard InChI is InChI=1S/C10H8N4O4/c1-6-3-2-4-8(14(17)18)9(6)13-5-7(10(15)16)11-12-13/h2-5H,1H3,(H,15,16). The Morgan fingerprint density at radius 2 is 2.22 bits per heavy atom. The van der Waals surface area contributed by atoms with Crippen molar-refractivity contribution in [1.82, 2.24) is 15.0 Å². The van der Waals surface area contributed by atoms with Crippen LogP contribution in [-0.4, -0.2) is 31.0 Å². The van der Waals surface area contributed by atoms with E-state index < -0.39 is 10.9 Å². The average molecular weight is 248 g/mol. The van der Waals surface area contributed by atoms with E-state index in [0.717, 1.165) is 10.9 Å². The summed E-state index contributed by atoms with van der Waals surface area (Å²) in [5.74, 6) is -1.24. The van der Waals surface area contributed by atoms with Crippen LogP contribution in [-0.2, 0) is 0 Å². The molecule has 92 valence electrons. The van der Waals surface area contributed by atoms with Crippen LogP contribution in [0.15, 0.2) is 24.4 Å². The zero-order valence-corrected chi connectivity index (χ0v) is 9.27. The van der Waals surface area contributed by atoms with Gasteiger partial charge in [-0.15, -0.1) is 5.10 Å². The van der Waals surface area contributed by atoms with Gasteiger partial charge in [-0.1, -0.05) is 17.3 Å². The van der Waals surface area contributed by atoms with Crippen LogP contribution in [0.1, 0.15) is 16.1 Å². The predicted octanol–water partition coefficient (Wildman–Crippen LogP) is 1.18. The van der Waals surface area contributed by atoms with Gasteiger partial charge < -0.3 is 5.11 Å². The summed E-state index contributed by atoms with van der Waals surface area (Å²) in [6.45, 7) is 1.67. The van der Waals surface area contributed by atoms with Crippen molar-refractivity contribution in [2.45, 2.75) is 6.92 Å². The molecule has 2 aromatic rings. The van der Waals surface area contributed by atoms with Crippen molar-refractivity contribution in [3.8, 4) is 5.69 Å². The fourth-order valence-corrected chi connectivity index (χ4v) is 1.56. The number of carboxylic acid groups (broad SMARTS) is 1. The van der Waals surface area contributed by atoms with Crippen LogP contribution in [0.4, 0.5) is 5.69 Å². The fourth-order valence-electron chi connectivity index (χ4n) is 1.56. The lowest BCUT2D eigenvalue weighted by Crippen LogP contribution is -2.03. The van der Waals surface area contributed by atoms with E-state index in [-0.39, 0.29) is 17.1 Å². The summed E-state index contributed by atoms with van der Waals surface area (Å²) in [4.78, 5) is 21.1. The quantitative estimate of drug-likeness (QED) is 0.644. The Hall–Kier alpha value is -2.77.